The van der Waals surface area contributed by atoms with E-state index in [1.165, 1.54) is 4.88 Å². The van der Waals surface area contributed by atoms with Crippen molar-refractivity contribution in [3.63, 3.8) is 0 Å². The van der Waals surface area contributed by atoms with Crippen molar-refractivity contribution < 1.29 is 0 Å². The van der Waals surface area contributed by atoms with E-state index in [4.69, 9.17) is 0 Å². The van der Waals surface area contributed by atoms with Gasteiger partial charge in [0.15, 0.2) is 0 Å². The number of rotatable bonds is 6. The predicted molar refractivity (Wildman–Crippen MR) is 85.8 cm³/mol. The number of halogens is 1. The topological polar surface area (TPSA) is 37.8 Å². The summed E-state index contributed by atoms with van der Waals surface area (Å²) in [6.07, 6.45) is 3.06. The van der Waals surface area contributed by atoms with Gasteiger partial charge in [0.25, 0.3) is 0 Å². The van der Waals surface area contributed by atoms with Crippen LogP contribution in [0.15, 0.2) is 22.0 Å². The summed E-state index contributed by atoms with van der Waals surface area (Å²) in [7, 11) is 0. The van der Waals surface area contributed by atoms with Crippen LogP contribution < -0.4 is 5.32 Å². The number of nitrogens with zero attached hydrogens (tertiary/aromatic N) is 2. The largest absolute Gasteiger partial charge is 0.370 e. The molecule has 0 amide bonds. The number of nitrogens with one attached hydrogen (secondary N) is 1. The van der Waals surface area contributed by atoms with Crippen LogP contribution in [0.2, 0.25) is 0 Å². The predicted octanol–water partition coefficient (Wildman–Crippen LogP) is 4.74. The fraction of sp³-hybridized carbons (Fsp3) is 0.429. The summed E-state index contributed by atoms with van der Waals surface area (Å²) in [4.78, 5) is 10.4. The van der Waals surface area contributed by atoms with Gasteiger partial charge >= 0.3 is 0 Å². The van der Waals surface area contributed by atoms with Crippen LogP contribution in [-0.4, -0.2) is 16.5 Å². The average Bonchev–Trinajstić information content (AvgIpc) is 2.83. The molecule has 0 aliphatic heterocycles. The summed E-state index contributed by atoms with van der Waals surface area (Å²) in [5.74, 6) is 1.84. The molecule has 0 atom stereocenters. The molecular formula is C14H18BrN3S. The Morgan fingerprint density at radius 3 is 2.74 bits per heavy atom. The molecule has 0 aliphatic rings. The van der Waals surface area contributed by atoms with Crippen LogP contribution in [-0.2, 0) is 6.42 Å². The van der Waals surface area contributed by atoms with Gasteiger partial charge in [-0.1, -0.05) is 13.8 Å². The SMILES string of the molecule is CCCNc1cc(-c2sccc2Br)nc(CCC)n1. The zero-order valence-electron chi connectivity index (χ0n) is 11.2. The van der Waals surface area contributed by atoms with E-state index in [2.05, 4.69) is 56.5 Å². The first kappa shape index (κ1) is 14.5. The van der Waals surface area contributed by atoms with Crippen molar-refractivity contribution in [2.75, 3.05) is 11.9 Å². The molecule has 0 saturated heterocycles. The van der Waals surface area contributed by atoms with Crippen molar-refractivity contribution in [2.45, 2.75) is 33.1 Å². The highest BCUT2D eigenvalue weighted by molar-refractivity contribution is 9.10. The van der Waals surface area contributed by atoms with Gasteiger partial charge in [0.05, 0.1) is 10.6 Å². The minimum atomic E-state index is 0.914. The van der Waals surface area contributed by atoms with Crippen molar-refractivity contribution in [1.29, 1.82) is 0 Å². The second-order valence-electron chi connectivity index (χ2n) is 4.33. The second kappa shape index (κ2) is 7.01. The van der Waals surface area contributed by atoms with Crippen molar-refractivity contribution in [3.8, 4) is 10.6 Å². The summed E-state index contributed by atoms with van der Waals surface area (Å²) < 4.78 is 1.10. The summed E-state index contributed by atoms with van der Waals surface area (Å²) in [5.41, 5.74) is 0.999. The number of thiophene rings is 1. The Kier molecular flexibility index (Phi) is 5.34. The van der Waals surface area contributed by atoms with E-state index >= 15 is 0 Å². The van der Waals surface area contributed by atoms with Crippen LogP contribution in [0, 0.1) is 0 Å². The minimum absolute atomic E-state index is 0.914. The molecule has 2 aromatic heterocycles. The Morgan fingerprint density at radius 1 is 1.26 bits per heavy atom. The molecule has 0 spiro atoms. The number of aromatic nitrogens is 2. The molecule has 19 heavy (non-hydrogen) atoms. The highest BCUT2D eigenvalue weighted by atomic mass is 79.9. The van der Waals surface area contributed by atoms with E-state index in [9.17, 15) is 0 Å². The average molecular weight is 340 g/mol. The van der Waals surface area contributed by atoms with Crippen molar-refractivity contribution in [1.82, 2.24) is 9.97 Å². The third-order valence-corrected chi connectivity index (χ3v) is 4.51. The van der Waals surface area contributed by atoms with Gasteiger partial charge < -0.3 is 5.32 Å². The Bertz CT molecular complexity index is 539. The van der Waals surface area contributed by atoms with E-state index < -0.39 is 0 Å². The first-order valence-electron chi connectivity index (χ1n) is 6.59. The lowest BCUT2D eigenvalue weighted by Gasteiger charge is -2.08. The van der Waals surface area contributed by atoms with Gasteiger partial charge in [0.1, 0.15) is 11.6 Å². The molecule has 3 nitrogen and oxygen atoms in total. The maximum atomic E-state index is 4.66. The van der Waals surface area contributed by atoms with Crippen molar-refractivity contribution in [2.24, 2.45) is 0 Å². The van der Waals surface area contributed by atoms with Crippen LogP contribution in [0.25, 0.3) is 10.6 Å². The smallest absolute Gasteiger partial charge is 0.131 e. The second-order valence-corrected chi connectivity index (χ2v) is 6.10. The molecule has 2 rings (SSSR count). The molecule has 0 fully saturated rings. The Hall–Kier alpha value is -0.940. The van der Waals surface area contributed by atoms with Crippen LogP contribution >= 0.6 is 27.3 Å². The Labute approximate surface area is 126 Å². The highest BCUT2D eigenvalue weighted by Gasteiger charge is 2.10. The molecule has 2 aromatic rings. The van der Waals surface area contributed by atoms with Gasteiger partial charge in [-0.3, -0.25) is 0 Å². The highest BCUT2D eigenvalue weighted by Crippen LogP contribution is 2.33. The van der Waals surface area contributed by atoms with E-state index in [1.54, 1.807) is 11.3 Å². The lowest BCUT2D eigenvalue weighted by Crippen LogP contribution is -2.06. The summed E-state index contributed by atoms with van der Waals surface area (Å²) >= 11 is 5.27. The normalized spacial score (nSPS) is 10.7. The molecule has 2 heterocycles. The molecular weight excluding hydrogens is 322 g/mol. The van der Waals surface area contributed by atoms with E-state index in [1.807, 2.05) is 6.07 Å². The van der Waals surface area contributed by atoms with Crippen molar-refractivity contribution >= 4 is 33.1 Å². The summed E-state index contributed by atoms with van der Waals surface area (Å²) in [6.45, 7) is 5.24. The standard InChI is InChI=1S/C14H18BrN3S/c1-3-5-12-17-11(14-10(15)6-8-19-14)9-13(18-12)16-7-4-2/h6,8-9H,3-5,7H2,1-2H3,(H,16,17,18). The monoisotopic (exact) mass is 339 g/mol. The Balaban J connectivity index is 2.36. The molecule has 0 unspecified atom stereocenters. The molecule has 0 aliphatic carbocycles. The molecule has 0 aromatic carbocycles. The van der Waals surface area contributed by atoms with Crippen molar-refractivity contribution in [3.05, 3.63) is 27.8 Å². The van der Waals surface area contributed by atoms with Crippen LogP contribution in [0.1, 0.15) is 32.5 Å². The van der Waals surface area contributed by atoms with Crippen LogP contribution in [0.3, 0.4) is 0 Å². The maximum absolute atomic E-state index is 4.66. The van der Waals surface area contributed by atoms with E-state index in [0.29, 0.717) is 0 Å². The third-order valence-electron chi connectivity index (χ3n) is 2.65. The van der Waals surface area contributed by atoms with Crippen LogP contribution in [0.4, 0.5) is 5.82 Å². The number of hydrogen-bond acceptors (Lipinski definition) is 4. The quantitative estimate of drug-likeness (QED) is 0.825. The molecule has 1 N–H and O–H groups in total. The minimum Gasteiger partial charge on any atom is -0.370 e. The fourth-order valence-electron chi connectivity index (χ4n) is 1.77. The number of hydrogen-bond donors (Lipinski definition) is 1. The zero-order valence-corrected chi connectivity index (χ0v) is 13.6. The lowest BCUT2D eigenvalue weighted by molar-refractivity contribution is 0.834. The zero-order chi connectivity index (χ0) is 13.7. The van der Waals surface area contributed by atoms with E-state index in [0.717, 1.165) is 47.6 Å². The van der Waals surface area contributed by atoms with Gasteiger partial charge in [0.2, 0.25) is 0 Å². The first-order chi connectivity index (χ1) is 9.24. The molecule has 102 valence electrons. The molecule has 5 heteroatoms. The van der Waals surface area contributed by atoms with Gasteiger partial charge in [-0.2, -0.15) is 0 Å². The van der Waals surface area contributed by atoms with Crippen LogP contribution in [0.5, 0.6) is 0 Å². The lowest BCUT2D eigenvalue weighted by atomic mass is 10.2. The number of anilines is 1. The van der Waals surface area contributed by atoms with Gasteiger partial charge in [-0.15, -0.1) is 11.3 Å². The van der Waals surface area contributed by atoms with Gasteiger partial charge in [0, 0.05) is 23.5 Å². The van der Waals surface area contributed by atoms with Gasteiger partial charge in [-0.05, 0) is 40.2 Å². The third kappa shape index (κ3) is 3.76. The maximum Gasteiger partial charge on any atom is 0.131 e. The number of aryl methyl sites for hydroxylation is 1. The Morgan fingerprint density at radius 2 is 2.11 bits per heavy atom. The molecule has 0 radical (unpaired) electrons. The first-order valence-corrected chi connectivity index (χ1v) is 8.27. The molecule has 0 saturated carbocycles. The fourth-order valence-corrected chi connectivity index (χ4v) is 3.31. The summed E-state index contributed by atoms with van der Waals surface area (Å²) in [5, 5.41) is 5.42. The molecule has 0 bridgehead atoms. The van der Waals surface area contributed by atoms with E-state index in [-0.39, 0.29) is 0 Å². The summed E-state index contributed by atoms with van der Waals surface area (Å²) in [6, 6.07) is 4.09. The van der Waals surface area contributed by atoms with Gasteiger partial charge in [-0.25, -0.2) is 9.97 Å².